The Labute approximate surface area is 115 Å². The van der Waals surface area contributed by atoms with Crippen LogP contribution in [0.5, 0.6) is 0 Å². The predicted octanol–water partition coefficient (Wildman–Crippen LogP) is 2.22. The Kier molecular flexibility index (Phi) is 3.25. The van der Waals surface area contributed by atoms with Crippen molar-refractivity contribution in [3.8, 4) is 0 Å². The zero-order valence-corrected chi connectivity index (χ0v) is 11.4. The van der Waals surface area contributed by atoms with Gasteiger partial charge in [-0.3, -0.25) is 14.8 Å². The van der Waals surface area contributed by atoms with Crippen molar-refractivity contribution in [2.24, 2.45) is 0 Å². The third-order valence-electron chi connectivity index (χ3n) is 3.28. The lowest BCUT2D eigenvalue weighted by molar-refractivity contribution is 0.0727. The number of carbonyl (C=O) groups is 1. The summed E-state index contributed by atoms with van der Waals surface area (Å²) in [5, 5.41) is 1.79. The quantitative estimate of drug-likeness (QED) is 0.842. The van der Waals surface area contributed by atoms with E-state index >= 15 is 0 Å². The molecule has 0 saturated carbocycles. The molecule has 0 spiro atoms. The largest absolute Gasteiger partial charge is 0.329 e. The second kappa shape index (κ2) is 5.05. The Hall–Kier alpha value is -1.82. The van der Waals surface area contributed by atoms with Gasteiger partial charge < -0.3 is 4.90 Å². The Morgan fingerprint density at radius 1 is 1.47 bits per heavy atom. The molecule has 0 radical (unpaired) electrons. The molecule has 6 heteroatoms. The van der Waals surface area contributed by atoms with E-state index in [0.29, 0.717) is 5.69 Å². The Balaban J connectivity index is 1.88. The summed E-state index contributed by atoms with van der Waals surface area (Å²) >= 11 is 1.44. The second-order valence-electron chi connectivity index (χ2n) is 4.62. The minimum Gasteiger partial charge on any atom is -0.329 e. The molecule has 0 N–H and O–H groups in total. The summed E-state index contributed by atoms with van der Waals surface area (Å²) in [6.07, 6.45) is 5.42. The average Bonchev–Trinajstić information content (AvgIpc) is 3.09. The maximum absolute atomic E-state index is 12.4. The van der Waals surface area contributed by atoms with Crippen molar-refractivity contribution in [1.29, 1.82) is 0 Å². The highest BCUT2D eigenvalue weighted by Crippen LogP contribution is 2.31. The van der Waals surface area contributed by atoms with Gasteiger partial charge in [-0.25, -0.2) is 4.98 Å². The first-order valence-corrected chi connectivity index (χ1v) is 7.17. The van der Waals surface area contributed by atoms with Gasteiger partial charge in [0.15, 0.2) is 0 Å². The van der Waals surface area contributed by atoms with Crippen LogP contribution >= 0.6 is 11.3 Å². The number of hydrogen-bond donors (Lipinski definition) is 0. The molecule has 2 aromatic heterocycles. The lowest BCUT2D eigenvalue weighted by Gasteiger charge is -2.23. The van der Waals surface area contributed by atoms with E-state index in [2.05, 4.69) is 15.0 Å². The monoisotopic (exact) mass is 274 g/mol. The van der Waals surface area contributed by atoms with Gasteiger partial charge in [0.05, 0.1) is 29.1 Å². The zero-order valence-electron chi connectivity index (χ0n) is 10.6. The van der Waals surface area contributed by atoms with Gasteiger partial charge in [0.1, 0.15) is 5.69 Å². The van der Waals surface area contributed by atoms with Crippen LogP contribution in [0.4, 0.5) is 0 Å². The number of thiazole rings is 1. The maximum Gasteiger partial charge on any atom is 0.273 e. The lowest BCUT2D eigenvalue weighted by atomic mass is 10.1. The number of aryl methyl sites for hydroxylation is 1. The summed E-state index contributed by atoms with van der Waals surface area (Å²) in [4.78, 5) is 27.0. The molecule has 1 aliphatic rings. The normalized spacial score (nSPS) is 18.8. The first-order valence-electron chi connectivity index (χ1n) is 6.23. The van der Waals surface area contributed by atoms with Gasteiger partial charge in [0.25, 0.3) is 5.91 Å². The molecule has 2 aromatic rings. The van der Waals surface area contributed by atoms with Crippen LogP contribution in [0, 0.1) is 6.92 Å². The van der Waals surface area contributed by atoms with E-state index in [-0.39, 0.29) is 11.9 Å². The van der Waals surface area contributed by atoms with Crippen molar-refractivity contribution in [3.63, 3.8) is 0 Å². The molecule has 3 rings (SSSR count). The van der Waals surface area contributed by atoms with Crippen molar-refractivity contribution in [2.45, 2.75) is 25.8 Å². The molecule has 1 atom stereocenters. The highest BCUT2D eigenvalue weighted by Gasteiger charge is 2.32. The first kappa shape index (κ1) is 12.2. The van der Waals surface area contributed by atoms with Crippen molar-refractivity contribution in [3.05, 3.63) is 40.4 Å². The van der Waals surface area contributed by atoms with Gasteiger partial charge in [-0.05, 0) is 19.8 Å². The van der Waals surface area contributed by atoms with Gasteiger partial charge in [-0.1, -0.05) is 0 Å². The summed E-state index contributed by atoms with van der Waals surface area (Å²) in [6.45, 7) is 2.68. The first-order chi connectivity index (χ1) is 9.25. The number of carbonyl (C=O) groups excluding carboxylic acids is 1. The van der Waals surface area contributed by atoms with Crippen LogP contribution in [0.3, 0.4) is 0 Å². The molecule has 3 heterocycles. The summed E-state index contributed by atoms with van der Waals surface area (Å²) in [6, 6.07) is 0.0293. The van der Waals surface area contributed by atoms with Gasteiger partial charge in [0, 0.05) is 18.1 Å². The molecule has 1 fully saturated rings. The lowest BCUT2D eigenvalue weighted by Crippen LogP contribution is -2.31. The van der Waals surface area contributed by atoms with E-state index in [1.165, 1.54) is 11.3 Å². The standard InChI is InChI=1S/C13H14N4OS/c1-9-5-14-6-10(16-9)12-3-2-4-17(12)13(18)11-7-19-8-15-11/h5-8,12H,2-4H2,1H3. The molecule has 1 amide bonds. The van der Waals surface area contributed by atoms with E-state index < -0.39 is 0 Å². The molecule has 1 unspecified atom stereocenters. The molecule has 1 aliphatic heterocycles. The van der Waals surface area contributed by atoms with Crippen LogP contribution in [0.2, 0.25) is 0 Å². The van der Waals surface area contributed by atoms with Crippen molar-refractivity contribution in [2.75, 3.05) is 6.54 Å². The number of hydrogen-bond acceptors (Lipinski definition) is 5. The fourth-order valence-corrected chi connectivity index (χ4v) is 2.95. The van der Waals surface area contributed by atoms with E-state index in [1.807, 2.05) is 11.8 Å². The predicted molar refractivity (Wildman–Crippen MR) is 71.9 cm³/mol. The molecule has 0 aromatic carbocycles. The van der Waals surface area contributed by atoms with Gasteiger partial charge in [-0.15, -0.1) is 11.3 Å². The fraction of sp³-hybridized carbons (Fsp3) is 0.385. The molecular formula is C13H14N4OS. The third-order valence-corrected chi connectivity index (χ3v) is 3.87. The van der Waals surface area contributed by atoms with E-state index in [1.54, 1.807) is 23.3 Å². The summed E-state index contributed by atoms with van der Waals surface area (Å²) in [7, 11) is 0. The smallest absolute Gasteiger partial charge is 0.273 e. The molecule has 98 valence electrons. The Bertz CT molecular complexity index is 584. The van der Waals surface area contributed by atoms with Crippen LogP contribution in [0.25, 0.3) is 0 Å². The summed E-state index contributed by atoms with van der Waals surface area (Å²) < 4.78 is 0. The summed E-state index contributed by atoms with van der Waals surface area (Å²) in [5.41, 5.74) is 3.97. The van der Waals surface area contributed by atoms with Crippen molar-refractivity contribution in [1.82, 2.24) is 19.9 Å². The third kappa shape index (κ3) is 2.35. The van der Waals surface area contributed by atoms with Gasteiger partial charge in [-0.2, -0.15) is 0 Å². The Morgan fingerprint density at radius 2 is 2.37 bits per heavy atom. The van der Waals surface area contributed by atoms with Crippen LogP contribution < -0.4 is 0 Å². The number of amides is 1. The molecule has 1 saturated heterocycles. The fourth-order valence-electron chi connectivity index (χ4n) is 2.43. The summed E-state index contributed by atoms with van der Waals surface area (Å²) in [5.74, 6) is -0.00736. The molecule has 19 heavy (non-hydrogen) atoms. The minimum atomic E-state index is -0.00736. The van der Waals surface area contributed by atoms with E-state index in [0.717, 1.165) is 30.8 Å². The average molecular weight is 274 g/mol. The molecule has 0 aliphatic carbocycles. The number of rotatable bonds is 2. The molecular weight excluding hydrogens is 260 g/mol. The Morgan fingerprint density at radius 3 is 3.11 bits per heavy atom. The van der Waals surface area contributed by atoms with Crippen LogP contribution in [-0.4, -0.2) is 32.3 Å². The number of aromatic nitrogens is 3. The van der Waals surface area contributed by atoms with Crippen molar-refractivity contribution < 1.29 is 4.79 Å². The van der Waals surface area contributed by atoms with Gasteiger partial charge in [0.2, 0.25) is 0 Å². The molecule has 5 nitrogen and oxygen atoms in total. The maximum atomic E-state index is 12.4. The topological polar surface area (TPSA) is 59.0 Å². The van der Waals surface area contributed by atoms with Crippen molar-refractivity contribution >= 4 is 17.2 Å². The molecule has 0 bridgehead atoms. The van der Waals surface area contributed by atoms with E-state index in [9.17, 15) is 4.79 Å². The van der Waals surface area contributed by atoms with Gasteiger partial charge >= 0.3 is 0 Å². The number of nitrogens with zero attached hydrogens (tertiary/aromatic N) is 4. The SMILES string of the molecule is Cc1cncc(C2CCCN2C(=O)c2cscn2)n1. The zero-order chi connectivity index (χ0) is 13.2. The second-order valence-corrected chi connectivity index (χ2v) is 5.33. The minimum absolute atomic E-state index is 0.00736. The highest BCUT2D eigenvalue weighted by atomic mass is 32.1. The van der Waals surface area contributed by atoms with Crippen LogP contribution in [0.1, 0.15) is 40.8 Å². The van der Waals surface area contributed by atoms with Crippen LogP contribution in [-0.2, 0) is 0 Å². The van der Waals surface area contributed by atoms with Crippen LogP contribution in [0.15, 0.2) is 23.3 Å². The van der Waals surface area contributed by atoms with E-state index in [4.69, 9.17) is 0 Å². The highest BCUT2D eigenvalue weighted by molar-refractivity contribution is 7.07. The number of likely N-dealkylation sites (tertiary alicyclic amines) is 1.